The highest BCUT2D eigenvalue weighted by Gasteiger charge is 2.33. The Morgan fingerprint density at radius 2 is 1.75 bits per heavy atom. The number of ketones is 1. The zero-order valence-corrected chi connectivity index (χ0v) is 20.1. The van der Waals surface area contributed by atoms with E-state index in [4.69, 9.17) is 23.7 Å². The van der Waals surface area contributed by atoms with Gasteiger partial charge in [0, 0.05) is 31.0 Å². The Balaban J connectivity index is 0.000000391. The van der Waals surface area contributed by atoms with E-state index in [2.05, 4.69) is 9.88 Å². The lowest BCUT2D eigenvalue weighted by molar-refractivity contribution is -0.0334. The number of carbonyl (C=O) groups excluding carboxylic acids is 1. The predicted molar refractivity (Wildman–Crippen MR) is 133 cm³/mol. The molecule has 1 fully saturated rings. The molecule has 0 atom stereocenters. The van der Waals surface area contributed by atoms with Crippen LogP contribution in [0.4, 0.5) is 0 Å². The highest BCUT2D eigenvalue weighted by atomic mass is 16.6. The topological polar surface area (TPSA) is 79.3 Å². The SMILES string of the molecule is C1COCCO1.COc1ccccc1/C=C1\Oc2c(ccc3c2CN(Cc2ccncc2)CO3)C1=O. The van der Waals surface area contributed by atoms with Gasteiger partial charge in [0.15, 0.2) is 5.76 Å². The molecule has 0 saturated carbocycles. The molecule has 1 saturated heterocycles. The Bertz CT molecular complexity index is 1230. The number of carbonyl (C=O) groups is 1. The molecule has 8 nitrogen and oxygen atoms in total. The first-order chi connectivity index (χ1) is 17.7. The van der Waals surface area contributed by atoms with E-state index in [1.165, 1.54) is 0 Å². The van der Waals surface area contributed by atoms with Crippen LogP contribution in [-0.4, -0.2) is 55.9 Å². The van der Waals surface area contributed by atoms with Crippen molar-refractivity contribution < 1.29 is 28.5 Å². The number of benzene rings is 2. The van der Waals surface area contributed by atoms with Gasteiger partial charge in [-0.25, -0.2) is 0 Å². The molecule has 0 bridgehead atoms. The molecule has 3 aliphatic heterocycles. The van der Waals surface area contributed by atoms with Gasteiger partial charge in [-0.3, -0.25) is 14.7 Å². The minimum absolute atomic E-state index is 0.134. The lowest BCUT2D eigenvalue weighted by atomic mass is 10.0. The Labute approximate surface area is 210 Å². The van der Waals surface area contributed by atoms with E-state index in [9.17, 15) is 4.79 Å². The van der Waals surface area contributed by atoms with Gasteiger partial charge in [0.2, 0.25) is 5.78 Å². The van der Waals surface area contributed by atoms with Crippen LogP contribution in [0.5, 0.6) is 17.2 Å². The van der Waals surface area contributed by atoms with Gasteiger partial charge >= 0.3 is 0 Å². The maximum atomic E-state index is 13.0. The number of Topliss-reactive ketones (excluding diaryl/α,β-unsaturated/α-hetero) is 1. The number of para-hydroxylation sites is 1. The fourth-order valence-corrected chi connectivity index (χ4v) is 4.22. The molecule has 8 heteroatoms. The second-order valence-corrected chi connectivity index (χ2v) is 8.44. The van der Waals surface area contributed by atoms with Crippen LogP contribution in [0.15, 0.2) is 66.7 Å². The van der Waals surface area contributed by atoms with E-state index < -0.39 is 0 Å². The van der Waals surface area contributed by atoms with Crippen LogP contribution in [0, 0.1) is 0 Å². The van der Waals surface area contributed by atoms with Gasteiger partial charge in [-0.2, -0.15) is 0 Å². The van der Waals surface area contributed by atoms with Crippen molar-refractivity contribution >= 4 is 11.9 Å². The van der Waals surface area contributed by atoms with E-state index in [0.717, 1.165) is 55.4 Å². The van der Waals surface area contributed by atoms with Gasteiger partial charge in [0.05, 0.1) is 44.7 Å². The van der Waals surface area contributed by atoms with Gasteiger partial charge < -0.3 is 23.7 Å². The normalized spacial score (nSPS) is 17.8. The first-order valence-electron chi connectivity index (χ1n) is 11.9. The number of rotatable bonds is 4. The molecule has 3 aromatic rings. The molecule has 4 heterocycles. The van der Waals surface area contributed by atoms with Crippen molar-refractivity contribution in [3.63, 3.8) is 0 Å². The number of pyridine rings is 1. The molecule has 0 radical (unpaired) electrons. The highest BCUT2D eigenvalue weighted by molar-refractivity contribution is 6.15. The summed E-state index contributed by atoms with van der Waals surface area (Å²) in [6, 6.07) is 15.1. The summed E-state index contributed by atoms with van der Waals surface area (Å²) in [5, 5.41) is 0. The zero-order valence-electron chi connectivity index (χ0n) is 20.1. The van der Waals surface area contributed by atoms with E-state index in [0.29, 0.717) is 30.3 Å². The third kappa shape index (κ3) is 5.41. The molecule has 6 rings (SSSR count). The molecule has 1 aromatic heterocycles. The van der Waals surface area contributed by atoms with Crippen molar-refractivity contribution in [3.8, 4) is 17.2 Å². The van der Waals surface area contributed by atoms with Gasteiger partial charge in [-0.1, -0.05) is 18.2 Å². The second-order valence-electron chi connectivity index (χ2n) is 8.44. The molecule has 0 aliphatic carbocycles. The average molecular weight is 489 g/mol. The molecular formula is C28H28N2O6. The van der Waals surface area contributed by atoms with E-state index in [-0.39, 0.29) is 11.5 Å². The molecule has 186 valence electrons. The Hall–Kier alpha value is -3.72. The monoisotopic (exact) mass is 488 g/mol. The Kier molecular flexibility index (Phi) is 7.56. The number of nitrogens with zero attached hydrogens (tertiary/aromatic N) is 2. The quantitative estimate of drug-likeness (QED) is 0.508. The first kappa shape index (κ1) is 24.0. The number of hydrogen-bond acceptors (Lipinski definition) is 8. The molecular weight excluding hydrogens is 460 g/mol. The number of ether oxygens (including phenoxy) is 5. The van der Waals surface area contributed by atoms with Crippen LogP contribution in [0.2, 0.25) is 0 Å². The number of aromatic nitrogens is 1. The van der Waals surface area contributed by atoms with Crippen molar-refractivity contribution in [2.45, 2.75) is 13.1 Å². The molecule has 0 unspecified atom stereocenters. The summed E-state index contributed by atoms with van der Waals surface area (Å²) < 4.78 is 27.3. The molecule has 3 aliphatic rings. The van der Waals surface area contributed by atoms with Gasteiger partial charge in [0.1, 0.15) is 24.0 Å². The summed E-state index contributed by atoms with van der Waals surface area (Å²) in [4.78, 5) is 19.2. The summed E-state index contributed by atoms with van der Waals surface area (Å²) in [6.45, 7) is 4.95. The van der Waals surface area contributed by atoms with E-state index in [1.54, 1.807) is 31.6 Å². The van der Waals surface area contributed by atoms with Crippen LogP contribution >= 0.6 is 0 Å². The summed E-state index contributed by atoms with van der Waals surface area (Å²) in [7, 11) is 1.61. The zero-order chi connectivity index (χ0) is 24.7. The molecule has 0 amide bonds. The van der Waals surface area contributed by atoms with E-state index >= 15 is 0 Å². The number of fused-ring (bicyclic) bond motifs is 3. The summed E-state index contributed by atoms with van der Waals surface area (Å²) in [6.07, 6.45) is 5.29. The lowest BCUT2D eigenvalue weighted by Gasteiger charge is -2.29. The predicted octanol–water partition coefficient (Wildman–Crippen LogP) is 4.09. The third-order valence-electron chi connectivity index (χ3n) is 6.01. The average Bonchev–Trinajstić information content (AvgIpc) is 3.26. The number of methoxy groups -OCH3 is 1. The van der Waals surface area contributed by atoms with Crippen LogP contribution in [0.25, 0.3) is 6.08 Å². The van der Waals surface area contributed by atoms with Crippen molar-refractivity contribution in [2.24, 2.45) is 0 Å². The van der Waals surface area contributed by atoms with Gasteiger partial charge in [-0.05, 0) is 42.0 Å². The standard InChI is InChI=1S/C24H20N2O4.C4H8O2/c1-28-20-5-3-2-4-17(20)12-22-23(27)18-6-7-21-19(24(18)30-22)14-26(15-29-21)13-16-8-10-25-11-9-16;1-2-6-4-3-5-1/h2-12H,13-15H2,1H3;1-4H2/b22-12-;. The largest absolute Gasteiger partial charge is 0.496 e. The molecule has 36 heavy (non-hydrogen) atoms. The van der Waals surface area contributed by atoms with Crippen LogP contribution in [0.1, 0.15) is 27.0 Å². The van der Waals surface area contributed by atoms with Crippen molar-refractivity contribution in [2.75, 3.05) is 40.3 Å². The van der Waals surface area contributed by atoms with Crippen molar-refractivity contribution in [3.05, 3.63) is 88.9 Å². The lowest BCUT2D eigenvalue weighted by Crippen LogP contribution is -2.31. The van der Waals surface area contributed by atoms with Gasteiger partial charge in [0.25, 0.3) is 0 Å². The maximum absolute atomic E-state index is 13.0. The fraction of sp³-hybridized carbons (Fsp3) is 0.286. The van der Waals surface area contributed by atoms with Crippen molar-refractivity contribution in [1.82, 2.24) is 9.88 Å². The van der Waals surface area contributed by atoms with Crippen LogP contribution in [0.3, 0.4) is 0 Å². The smallest absolute Gasteiger partial charge is 0.231 e. The van der Waals surface area contributed by atoms with Crippen molar-refractivity contribution in [1.29, 1.82) is 0 Å². The Morgan fingerprint density at radius 3 is 2.47 bits per heavy atom. The summed E-state index contributed by atoms with van der Waals surface area (Å²) in [5.74, 6) is 2.18. The first-order valence-corrected chi connectivity index (χ1v) is 11.9. The third-order valence-corrected chi connectivity index (χ3v) is 6.01. The summed E-state index contributed by atoms with van der Waals surface area (Å²) in [5.41, 5.74) is 3.40. The molecule has 0 N–H and O–H groups in total. The minimum atomic E-state index is -0.134. The van der Waals surface area contributed by atoms with Crippen LogP contribution < -0.4 is 14.2 Å². The van der Waals surface area contributed by atoms with Gasteiger partial charge in [-0.15, -0.1) is 0 Å². The Morgan fingerprint density at radius 1 is 1.00 bits per heavy atom. The molecule has 0 spiro atoms. The minimum Gasteiger partial charge on any atom is -0.496 e. The van der Waals surface area contributed by atoms with Crippen LogP contribution in [-0.2, 0) is 22.6 Å². The maximum Gasteiger partial charge on any atom is 0.231 e. The number of hydrogen-bond donors (Lipinski definition) is 0. The second kappa shape index (κ2) is 11.3. The van der Waals surface area contributed by atoms with E-state index in [1.807, 2.05) is 42.5 Å². The summed E-state index contributed by atoms with van der Waals surface area (Å²) >= 11 is 0. The fourth-order valence-electron chi connectivity index (χ4n) is 4.22. The highest BCUT2D eigenvalue weighted by Crippen LogP contribution is 2.42. The molecule has 2 aromatic carbocycles. The number of allylic oxidation sites excluding steroid dienone is 1.